The van der Waals surface area contributed by atoms with Crippen molar-refractivity contribution < 1.29 is 21.6 Å². The van der Waals surface area contributed by atoms with Gasteiger partial charge in [0, 0.05) is 30.9 Å². The highest BCUT2D eigenvalue weighted by molar-refractivity contribution is 7.90. The number of nitrogens with zero attached hydrogens (tertiary/aromatic N) is 4. The van der Waals surface area contributed by atoms with Crippen LogP contribution in [0, 0.1) is 0 Å². The Hall–Kier alpha value is -2.21. The molecule has 3 heterocycles. The average Bonchev–Trinajstić information content (AvgIpc) is 2.93. The molecule has 0 saturated carbocycles. The molecule has 0 radical (unpaired) electrons. The van der Waals surface area contributed by atoms with Gasteiger partial charge < -0.3 is 5.32 Å². The van der Waals surface area contributed by atoms with Crippen LogP contribution in [0.15, 0.2) is 45.8 Å². The third-order valence-electron chi connectivity index (χ3n) is 5.31. The zero-order chi connectivity index (χ0) is 22.9. The van der Waals surface area contributed by atoms with Crippen LogP contribution >= 0.6 is 11.6 Å². The summed E-state index contributed by atoms with van der Waals surface area (Å²) < 4.78 is 66.9. The molecule has 0 atom stereocenters. The van der Waals surface area contributed by atoms with Crippen molar-refractivity contribution in [2.24, 2.45) is 4.40 Å². The molecule has 7 nitrogen and oxygen atoms in total. The molecule has 1 fully saturated rings. The lowest BCUT2D eigenvalue weighted by atomic mass is 10.2. The zero-order valence-electron chi connectivity index (χ0n) is 16.9. The summed E-state index contributed by atoms with van der Waals surface area (Å²) in [5.41, 5.74) is 0.264. The van der Waals surface area contributed by atoms with Gasteiger partial charge in [-0.05, 0) is 49.3 Å². The van der Waals surface area contributed by atoms with Crippen LogP contribution in [0.3, 0.4) is 0 Å². The first-order valence-electron chi connectivity index (χ1n) is 9.97. The number of nitrogens with one attached hydrogen (secondary N) is 1. The molecule has 0 unspecified atom stereocenters. The third kappa shape index (κ3) is 5.40. The topological polar surface area (TPSA) is 77.9 Å². The molecule has 1 aromatic carbocycles. The minimum Gasteiger partial charge on any atom is -0.341 e. The molecular weight excluding hydrogens is 467 g/mol. The molecule has 0 amide bonds. The number of alkyl halides is 3. The van der Waals surface area contributed by atoms with Crippen molar-refractivity contribution in [3.05, 3.63) is 52.8 Å². The minimum atomic E-state index is -4.45. The average molecular weight is 488 g/mol. The molecule has 32 heavy (non-hydrogen) atoms. The zero-order valence-corrected chi connectivity index (χ0v) is 18.5. The van der Waals surface area contributed by atoms with Gasteiger partial charge in [0.25, 0.3) is 10.0 Å². The smallest absolute Gasteiger partial charge is 0.341 e. The number of rotatable bonds is 4. The summed E-state index contributed by atoms with van der Waals surface area (Å²) in [5.74, 6) is 0.347. The molecule has 1 N–H and O–H groups in total. The lowest BCUT2D eigenvalue weighted by molar-refractivity contribution is -0.141. The van der Waals surface area contributed by atoms with Crippen LogP contribution in [0.4, 0.5) is 18.9 Å². The molecule has 1 aromatic heterocycles. The summed E-state index contributed by atoms with van der Waals surface area (Å²) in [5, 5.41) is 3.40. The van der Waals surface area contributed by atoms with E-state index < -0.39 is 21.9 Å². The van der Waals surface area contributed by atoms with Crippen molar-refractivity contribution in [1.82, 2.24) is 14.8 Å². The number of hydrogen-bond acceptors (Lipinski definition) is 6. The molecule has 2 aromatic rings. The van der Waals surface area contributed by atoms with E-state index in [2.05, 4.69) is 24.5 Å². The lowest BCUT2D eigenvalue weighted by Gasteiger charge is -2.25. The molecule has 12 heteroatoms. The number of fused-ring (bicyclic) bond motifs is 1. The monoisotopic (exact) mass is 487 g/mol. The first kappa shape index (κ1) is 23.0. The number of anilines is 1. The molecule has 2 aliphatic rings. The van der Waals surface area contributed by atoms with Crippen molar-refractivity contribution in [2.75, 3.05) is 38.0 Å². The fraction of sp³-hybridized carbons (Fsp3) is 0.400. The van der Waals surface area contributed by atoms with E-state index in [1.807, 2.05) is 0 Å². The first-order valence-corrected chi connectivity index (χ1v) is 11.8. The number of sulfonamides is 1. The number of halogens is 4. The second kappa shape index (κ2) is 8.97. The maximum Gasteiger partial charge on any atom is 0.433 e. The Labute approximate surface area is 189 Å². The van der Waals surface area contributed by atoms with Crippen LogP contribution in [0.2, 0.25) is 5.02 Å². The van der Waals surface area contributed by atoms with Gasteiger partial charge in [-0.2, -0.15) is 21.6 Å². The lowest BCUT2D eigenvalue weighted by Crippen LogP contribution is -2.38. The highest BCUT2D eigenvalue weighted by Gasteiger charge is 2.32. The van der Waals surface area contributed by atoms with Gasteiger partial charge in [-0.1, -0.05) is 17.7 Å². The van der Waals surface area contributed by atoms with E-state index in [-0.39, 0.29) is 4.90 Å². The Morgan fingerprint density at radius 3 is 2.41 bits per heavy atom. The highest BCUT2D eigenvalue weighted by Crippen LogP contribution is 2.30. The number of pyridine rings is 1. The normalized spacial score (nSPS) is 19.6. The van der Waals surface area contributed by atoms with Gasteiger partial charge >= 0.3 is 6.18 Å². The van der Waals surface area contributed by atoms with Crippen molar-refractivity contribution in [3.63, 3.8) is 0 Å². The van der Waals surface area contributed by atoms with Crippen molar-refractivity contribution >= 4 is 33.1 Å². The molecule has 2 aliphatic heterocycles. The van der Waals surface area contributed by atoms with E-state index in [1.165, 1.54) is 18.3 Å². The Balaban J connectivity index is 1.36. The Kier molecular flexibility index (Phi) is 6.44. The SMILES string of the molecule is O=S1(=O)N=C(CN2CCCN(Cc3ccc(C(F)(F)F)nc3)CC2)Nc2ccc(Cl)cc21. The summed E-state index contributed by atoms with van der Waals surface area (Å²) >= 11 is 5.91. The minimum absolute atomic E-state index is 0.0564. The predicted octanol–water partition coefficient (Wildman–Crippen LogP) is 3.47. The van der Waals surface area contributed by atoms with Gasteiger partial charge in [0.1, 0.15) is 16.4 Å². The number of benzene rings is 1. The summed E-state index contributed by atoms with van der Waals surface area (Å²) in [7, 11) is -3.82. The van der Waals surface area contributed by atoms with Gasteiger partial charge in [0.05, 0.1) is 12.2 Å². The summed E-state index contributed by atoms with van der Waals surface area (Å²) in [4.78, 5) is 7.83. The number of hydrogen-bond donors (Lipinski definition) is 1. The number of aromatic nitrogens is 1. The Bertz CT molecular complexity index is 1120. The third-order valence-corrected chi connectivity index (χ3v) is 6.90. The Morgan fingerprint density at radius 1 is 1.03 bits per heavy atom. The summed E-state index contributed by atoms with van der Waals surface area (Å²) in [6.07, 6.45) is -2.35. The molecular formula is C20H21ClF3N5O2S. The fourth-order valence-electron chi connectivity index (χ4n) is 3.75. The van der Waals surface area contributed by atoms with Crippen LogP contribution in [0.1, 0.15) is 17.7 Å². The Morgan fingerprint density at radius 2 is 1.75 bits per heavy atom. The second-order valence-electron chi connectivity index (χ2n) is 7.73. The van der Waals surface area contributed by atoms with Crippen LogP contribution in [0.5, 0.6) is 0 Å². The van der Waals surface area contributed by atoms with Crippen molar-refractivity contribution in [1.29, 1.82) is 0 Å². The van der Waals surface area contributed by atoms with Gasteiger partial charge in [0.2, 0.25) is 0 Å². The first-order chi connectivity index (χ1) is 15.1. The molecule has 1 saturated heterocycles. The molecule has 0 aliphatic carbocycles. The van der Waals surface area contributed by atoms with Gasteiger partial charge in [0.15, 0.2) is 0 Å². The molecule has 4 rings (SSSR count). The summed E-state index contributed by atoms with van der Waals surface area (Å²) in [6.45, 7) is 3.72. The van der Waals surface area contributed by atoms with E-state index in [1.54, 1.807) is 12.1 Å². The van der Waals surface area contributed by atoms with E-state index in [9.17, 15) is 21.6 Å². The van der Waals surface area contributed by atoms with Gasteiger partial charge in [-0.3, -0.25) is 14.8 Å². The molecule has 0 spiro atoms. The quantitative estimate of drug-likeness (QED) is 0.711. The van der Waals surface area contributed by atoms with Crippen LogP contribution < -0.4 is 5.32 Å². The van der Waals surface area contributed by atoms with E-state index in [0.717, 1.165) is 25.6 Å². The van der Waals surface area contributed by atoms with Crippen molar-refractivity contribution in [2.45, 2.75) is 24.0 Å². The maximum absolute atomic E-state index is 12.7. The van der Waals surface area contributed by atoms with Crippen LogP contribution in [-0.4, -0.2) is 61.8 Å². The second-order valence-corrected chi connectivity index (χ2v) is 9.74. The standard InChI is InChI=1S/C20H21ClF3N5O2S/c21-15-3-4-16-17(10-15)32(30,31)27-19(26-16)13-29-7-1-6-28(8-9-29)12-14-2-5-18(25-11-14)20(22,23)24/h2-5,10-11H,1,6-9,12-13H2,(H,26,27). The van der Waals surface area contributed by atoms with E-state index in [0.29, 0.717) is 48.3 Å². The largest absolute Gasteiger partial charge is 0.433 e. The summed E-state index contributed by atoms with van der Waals surface area (Å²) in [6, 6.07) is 7.06. The van der Waals surface area contributed by atoms with E-state index >= 15 is 0 Å². The van der Waals surface area contributed by atoms with Gasteiger partial charge in [-0.15, -0.1) is 4.40 Å². The maximum atomic E-state index is 12.7. The molecule has 172 valence electrons. The highest BCUT2D eigenvalue weighted by atomic mass is 35.5. The molecule has 0 bridgehead atoms. The van der Waals surface area contributed by atoms with Crippen molar-refractivity contribution in [3.8, 4) is 0 Å². The number of amidine groups is 1. The van der Waals surface area contributed by atoms with Gasteiger partial charge in [-0.25, -0.2) is 0 Å². The predicted molar refractivity (Wildman–Crippen MR) is 115 cm³/mol. The van der Waals surface area contributed by atoms with Crippen LogP contribution in [0.25, 0.3) is 0 Å². The van der Waals surface area contributed by atoms with E-state index in [4.69, 9.17) is 11.6 Å². The fourth-order valence-corrected chi connectivity index (χ4v) is 5.15. The van der Waals surface area contributed by atoms with Crippen LogP contribution in [-0.2, 0) is 22.7 Å².